The number of hydrogen-bond acceptors (Lipinski definition) is 5. The Balaban J connectivity index is 1.60. The first-order valence-corrected chi connectivity index (χ1v) is 8.22. The number of carbonyl (C=O) groups is 1. The second kappa shape index (κ2) is 6.66. The number of carbonyl (C=O) groups excluding carboxylic acids is 1. The fourth-order valence-corrected chi connectivity index (χ4v) is 3.39. The van der Waals surface area contributed by atoms with Crippen molar-refractivity contribution in [3.63, 3.8) is 0 Å². The lowest BCUT2D eigenvalue weighted by molar-refractivity contribution is 0.0807. The molecule has 6 nitrogen and oxygen atoms in total. The van der Waals surface area contributed by atoms with Gasteiger partial charge in [-0.3, -0.25) is 4.79 Å². The Hall–Kier alpha value is -1.95. The third-order valence-electron chi connectivity index (χ3n) is 4.78. The molecule has 23 heavy (non-hydrogen) atoms. The average molecular weight is 316 g/mol. The molecule has 6 heteroatoms. The van der Waals surface area contributed by atoms with E-state index in [1.807, 2.05) is 31.7 Å². The van der Waals surface area contributed by atoms with Gasteiger partial charge < -0.3 is 14.0 Å². The number of rotatable bonds is 5. The molecule has 1 saturated heterocycles. The fourth-order valence-electron chi connectivity index (χ4n) is 3.39. The summed E-state index contributed by atoms with van der Waals surface area (Å²) in [6.07, 6.45) is 6.44. The number of nitrogens with zero attached hydrogens (tertiary/aromatic N) is 4. The first-order chi connectivity index (χ1) is 11.1. The van der Waals surface area contributed by atoms with Crippen LogP contribution in [0.3, 0.4) is 0 Å². The van der Waals surface area contributed by atoms with Crippen LogP contribution in [0.1, 0.15) is 40.5 Å². The van der Waals surface area contributed by atoms with Gasteiger partial charge >= 0.3 is 0 Å². The highest BCUT2D eigenvalue weighted by Gasteiger charge is 2.28. The third kappa shape index (κ3) is 3.37. The lowest BCUT2D eigenvalue weighted by atomic mass is 9.93. The van der Waals surface area contributed by atoms with E-state index in [0.717, 1.165) is 50.4 Å². The van der Waals surface area contributed by atoms with Crippen LogP contribution < -0.4 is 0 Å². The van der Waals surface area contributed by atoms with Crippen molar-refractivity contribution in [2.24, 2.45) is 13.0 Å². The molecule has 0 saturated carbocycles. The summed E-state index contributed by atoms with van der Waals surface area (Å²) in [5, 5.41) is 4.01. The Morgan fingerprint density at radius 3 is 2.91 bits per heavy atom. The maximum absolute atomic E-state index is 12.6. The van der Waals surface area contributed by atoms with E-state index in [2.05, 4.69) is 15.0 Å². The van der Waals surface area contributed by atoms with Crippen LogP contribution in [0.2, 0.25) is 0 Å². The molecule has 0 bridgehead atoms. The Labute approximate surface area is 136 Å². The molecule has 0 amide bonds. The van der Waals surface area contributed by atoms with Crippen molar-refractivity contribution in [3.8, 4) is 0 Å². The highest BCUT2D eigenvalue weighted by atomic mass is 16.5. The van der Waals surface area contributed by atoms with Crippen LogP contribution in [0.15, 0.2) is 16.9 Å². The summed E-state index contributed by atoms with van der Waals surface area (Å²) < 4.78 is 7.03. The summed E-state index contributed by atoms with van der Waals surface area (Å²) >= 11 is 0. The molecule has 1 unspecified atom stereocenters. The molecule has 1 fully saturated rings. The topological polar surface area (TPSA) is 64.2 Å². The monoisotopic (exact) mass is 316 g/mol. The van der Waals surface area contributed by atoms with Gasteiger partial charge in [0.1, 0.15) is 5.76 Å². The molecule has 0 N–H and O–H groups in total. The van der Waals surface area contributed by atoms with Gasteiger partial charge in [-0.2, -0.15) is 0 Å². The number of hydrogen-bond donors (Lipinski definition) is 0. The van der Waals surface area contributed by atoms with Crippen molar-refractivity contribution >= 4 is 5.78 Å². The van der Waals surface area contributed by atoms with E-state index in [4.69, 9.17) is 4.52 Å². The maximum Gasteiger partial charge on any atom is 0.202 e. The normalized spacial score (nSPS) is 19.2. The Kier molecular flexibility index (Phi) is 4.61. The molecular formula is C17H24N4O2. The van der Waals surface area contributed by atoms with Crippen molar-refractivity contribution < 1.29 is 9.32 Å². The van der Waals surface area contributed by atoms with Crippen molar-refractivity contribution in [1.82, 2.24) is 19.6 Å². The van der Waals surface area contributed by atoms with Crippen LogP contribution in [-0.2, 0) is 13.5 Å². The number of Topliss-reactive ketones (excluding diaryl/α,β-unsaturated/α-hetero) is 1. The van der Waals surface area contributed by atoms with Crippen molar-refractivity contribution in [1.29, 1.82) is 0 Å². The quantitative estimate of drug-likeness (QED) is 0.791. The molecule has 2 aromatic heterocycles. The van der Waals surface area contributed by atoms with Crippen molar-refractivity contribution in [2.45, 2.75) is 33.1 Å². The molecule has 0 aliphatic carbocycles. The van der Waals surface area contributed by atoms with Crippen molar-refractivity contribution in [3.05, 3.63) is 35.2 Å². The minimum absolute atomic E-state index is 0.0505. The highest BCUT2D eigenvalue weighted by molar-refractivity contribution is 5.94. The van der Waals surface area contributed by atoms with Crippen LogP contribution in [0.5, 0.6) is 0 Å². The van der Waals surface area contributed by atoms with Crippen LogP contribution in [0, 0.1) is 19.8 Å². The lowest BCUT2D eigenvalue weighted by Crippen LogP contribution is -2.40. The molecule has 0 radical (unpaired) electrons. The van der Waals surface area contributed by atoms with Gasteiger partial charge in [0.2, 0.25) is 5.78 Å². The number of aromatic nitrogens is 3. The predicted octanol–water partition coefficient (Wildman–Crippen LogP) is 2.16. The minimum atomic E-state index is 0.0505. The molecule has 2 aromatic rings. The number of ketones is 1. The lowest BCUT2D eigenvalue weighted by Gasteiger charge is -2.31. The van der Waals surface area contributed by atoms with E-state index in [0.29, 0.717) is 5.82 Å². The third-order valence-corrected chi connectivity index (χ3v) is 4.78. The number of aryl methyl sites for hydroxylation is 3. The molecule has 3 heterocycles. The SMILES string of the molecule is Cc1noc(C)c1CCN1CCCC(C(=O)c2nccn2C)C1. The zero-order valence-corrected chi connectivity index (χ0v) is 14.1. The highest BCUT2D eigenvalue weighted by Crippen LogP contribution is 2.21. The number of imidazole rings is 1. The second-order valence-electron chi connectivity index (χ2n) is 6.42. The summed E-state index contributed by atoms with van der Waals surface area (Å²) in [6, 6.07) is 0. The van der Waals surface area contributed by atoms with Crippen LogP contribution in [-0.4, -0.2) is 45.0 Å². The predicted molar refractivity (Wildman–Crippen MR) is 86.4 cm³/mol. The Morgan fingerprint density at radius 2 is 2.26 bits per heavy atom. The van der Waals surface area contributed by atoms with Gasteiger partial charge in [0.05, 0.1) is 5.69 Å². The van der Waals surface area contributed by atoms with E-state index in [9.17, 15) is 4.79 Å². The molecule has 3 rings (SSSR count). The summed E-state index contributed by atoms with van der Waals surface area (Å²) in [6.45, 7) is 6.74. The summed E-state index contributed by atoms with van der Waals surface area (Å²) in [5.41, 5.74) is 2.17. The first kappa shape index (κ1) is 15.9. The van der Waals surface area contributed by atoms with Gasteiger partial charge in [-0.05, 0) is 39.7 Å². The molecule has 0 aromatic carbocycles. The Bertz CT molecular complexity index is 669. The smallest absolute Gasteiger partial charge is 0.202 e. The van der Waals surface area contributed by atoms with E-state index in [1.165, 1.54) is 5.56 Å². The van der Waals surface area contributed by atoms with E-state index >= 15 is 0 Å². The molecule has 1 atom stereocenters. The van der Waals surface area contributed by atoms with Gasteiger partial charge in [-0.25, -0.2) is 4.98 Å². The van der Waals surface area contributed by atoms with Crippen LogP contribution in [0.25, 0.3) is 0 Å². The summed E-state index contributed by atoms with van der Waals surface area (Å²) in [5.74, 6) is 1.69. The molecular weight excluding hydrogens is 292 g/mol. The van der Waals surface area contributed by atoms with Gasteiger partial charge in [0.25, 0.3) is 0 Å². The van der Waals surface area contributed by atoms with E-state index < -0.39 is 0 Å². The molecule has 1 aliphatic heterocycles. The molecule has 1 aliphatic rings. The standard InChI is InChI=1S/C17H24N4O2/c1-12-15(13(2)23-19-12)6-9-21-8-4-5-14(11-21)16(22)17-18-7-10-20(17)3/h7,10,14H,4-6,8-9,11H2,1-3H3. The zero-order valence-electron chi connectivity index (χ0n) is 14.1. The minimum Gasteiger partial charge on any atom is -0.361 e. The van der Waals surface area contributed by atoms with Crippen LogP contribution in [0.4, 0.5) is 0 Å². The zero-order chi connectivity index (χ0) is 16.4. The van der Waals surface area contributed by atoms with E-state index in [-0.39, 0.29) is 11.7 Å². The van der Waals surface area contributed by atoms with E-state index in [1.54, 1.807) is 6.20 Å². The Morgan fingerprint density at radius 1 is 1.43 bits per heavy atom. The van der Waals surface area contributed by atoms with Crippen molar-refractivity contribution in [2.75, 3.05) is 19.6 Å². The van der Waals surface area contributed by atoms with Gasteiger partial charge in [-0.15, -0.1) is 0 Å². The average Bonchev–Trinajstić information content (AvgIpc) is 3.11. The second-order valence-corrected chi connectivity index (χ2v) is 6.42. The maximum atomic E-state index is 12.6. The molecule has 0 spiro atoms. The van der Waals surface area contributed by atoms with Gasteiger partial charge in [0, 0.05) is 44.0 Å². The number of likely N-dealkylation sites (tertiary alicyclic amines) is 1. The number of piperidine rings is 1. The largest absolute Gasteiger partial charge is 0.361 e. The van der Waals surface area contributed by atoms with Crippen LogP contribution >= 0.6 is 0 Å². The fraction of sp³-hybridized carbons (Fsp3) is 0.588. The van der Waals surface area contributed by atoms with Gasteiger partial charge in [-0.1, -0.05) is 5.16 Å². The first-order valence-electron chi connectivity index (χ1n) is 8.22. The summed E-state index contributed by atoms with van der Waals surface area (Å²) in [4.78, 5) is 19.2. The summed E-state index contributed by atoms with van der Waals surface area (Å²) in [7, 11) is 1.87. The van der Waals surface area contributed by atoms with Gasteiger partial charge in [0.15, 0.2) is 5.82 Å². The molecule has 124 valence electrons.